The molecule has 0 aliphatic carbocycles. The standard InChI is InChI=1S/C13H19BrFNO/c1-3-4-7-16-9-10(2)17-11-5-6-13(15)12(14)8-11/h5-6,8,10,16H,3-4,7,9H2,1-2H3. The van der Waals surface area contributed by atoms with Gasteiger partial charge in [-0.15, -0.1) is 0 Å². The minimum absolute atomic E-state index is 0.0733. The minimum atomic E-state index is -0.272. The number of nitrogens with one attached hydrogen (secondary N) is 1. The summed E-state index contributed by atoms with van der Waals surface area (Å²) in [6, 6.07) is 4.69. The van der Waals surface area contributed by atoms with Gasteiger partial charge in [0, 0.05) is 6.54 Å². The number of hydrogen-bond donors (Lipinski definition) is 1. The van der Waals surface area contributed by atoms with Gasteiger partial charge in [-0.1, -0.05) is 13.3 Å². The maximum Gasteiger partial charge on any atom is 0.137 e. The Balaban J connectivity index is 2.34. The van der Waals surface area contributed by atoms with Gasteiger partial charge in [0.2, 0.25) is 0 Å². The van der Waals surface area contributed by atoms with Crippen molar-refractivity contribution < 1.29 is 9.13 Å². The second-order valence-corrected chi connectivity index (χ2v) is 4.92. The average Bonchev–Trinajstić information content (AvgIpc) is 2.30. The van der Waals surface area contributed by atoms with E-state index in [1.54, 1.807) is 12.1 Å². The van der Waals surface area contributed by atoms with Crippen LogP contribution in [0.2, 0.25) is 0 Å². The fraction of sp³-hybridized carbons (Fsp3) is 0.538. The second-order valence-electron chi connectivity index (χ2n) is 4.06. The largest absolute Gasteiger partial charge is 0.489 e. The van der Waals surface area contributed by atoms with Gasteiger partial charge in [0.15, 0.2) is 0 Å². The van der Waals surface area contributed by atoms with Crippen molar-refractivity contribution in [3.8, 4) is 5.75 Å². The molecule has 4 heteroatoms. The maximum atomic E-state index is 13.0. The van der Waals surface area contributed by atoms with Gasteiger partial charge >= 0.3 is 0 Å². The number of halogens is 2. The molecule has 1 atom stereocenters. The van der Waals surface area contributed by atoms with E-state index < -0.39 is 0 Å². The molecular weight excluding hydrogens is 285 g/mol. The van der Waals surface area contributed by atoms with Crippen molar-refractivity contribution in [2.75, 3.05) is 13.1 Å². The lowest BCUT2D eigenvalue weighted by Gasteiger charge is -2.15. The third kappa shape index (κ3) is 5.50. The zero-order chi connectivity index (χ0) is 12.7. The zero-order valence-corrected chi connectivity index (χ0v) is 11.9. The summed E-state index contributed by atoms with van der Waals surface area (Å²) in [7, 11) is 0. The SMILES string of the molecule is CCCCNCC(C)Oc1ccc(F)c(Br)c1. The summed E-state index contributed by atoms with van der Waals surface area (Å²) in [5.41, 5.74) is 0. The molecule has 0 spiro atoms. The summed E-state index contributed by atoms with van der Waals surface area (Å²) >= 11 is 3.14. The normalized spacial score (nSPS) is 12.5. The molecule has 0 aliphatic heterocycles. The molecule has 0 fully saturated rings. The van der Waals surface area contributed by atoms with Crippen LogP contribution in [0.25, 0.3) is 0 Å². The Morgan fingerprint density at radius 3 is 2.88 bits per heavy atom. The molecular formula is C13H19BrFNO. The molecule has 1 unspecified atom stereocenters. The highest BCUT2D eigenvalue weighted by atomic mass is 79.9. The van der Waals surface area contributed by atoms with E-state index in [0.717, 1.165) is 13.1 Å². The first-order valence-corrected chi connectivity index (χ1v) is 6.75. The second kappa shape index (κ2) is 7.67. The van der Waals surface area contributed by atoms with E-state index in [9.17, 15) is 4.39 Å². The van der Waals surface area contributed by atoms with E-state index in [4.69, 9.17) is 4.74 Å². The van der Waals surface area contributed by atoms with Crippen LogP contribution < -0.4 is 10.1 Å². The minimum Gasteiger partial charge on any atom is -0.489 e. The van der Waals surface area contributed by atoms with Crippen LogP contribution in [0.1, 0.15) is 26.7 Å². The summed E-state index contributed by atoms with van der Waals surface area (Å²) in [5.74, 6) is 0.411. The number of rotatable bonds is 7. The van der Waals surface area contributed by atoms with E-state index >= 15 is 0 Å². The Hall–Kier alpha value is -0.610. The first-order valence-electron chi connectivity index (χ1n) is 5.96. The van der Waals surface area contributed by atoms with Crippen LogP contribution >= 0.6 is 15.9 Å². The van der Waals surface area contributed by atoms with E-state index in [-0.39, 0.29) is 11.9 Å². The molecule has 0 amide bonds. The lowest BCUT2D eigenvalue weighted by Crippen LogP contribution is -2.29. The zero-order valence-electron chi connectivity index (χ0n) is 10.3. The Labute approximate surface area is 111 Å². The van der Waals surface area contributed by atoms with Gasteiger partial charge in [0.1, 0.15) is 17.7 Å². The van der Waals surface area contributed by atoms with Gasteiger partial charge in [-0.3, -0.25) is 0 Å². The summed E-state index contributed by atoms with van der Waals surface area (Å²) in [5, 5.41) is 3.32. The van der Waals surface area contributed by atoms with Gasteiger partial charge in [0.25, 0.3) is 0 Å². The number of hydrogen-bond acceptors (Lipinski definition) is 2. The van der Waals surface area contributed by atoms with Crippen LogP contribution in [0.4, 0.5) is 4.39 Å². The highest BCUT2D eigenvalue weighted by Gasteiger charge is 2.05. The molecule has 1 N–H and O–H groups in total. The highest BCUT2D eigenvalue weighted by Crippen LogP contribution is 2.22. The van der Waals surface area contributed by atoms with Crippen molar-refractivity contribution in [3.63, 3.8) is 0 Å². The fourth-order valence-electron chi connectivity index (χ4n) is 1.43. The number of ether oxygens (including phenoxy) is 1. The van der Waals surface area contributed by atoms with Gasteiger partial charge in [-0.25, -0.2) is 4.39 Å². The Morgan fingerprint density at radius 1 is 1.47 bits per heavy atom. The molecule has 0 aromatic heterocycles. The van der Waals surface area contributed by atoms with E-state index in [0.29, 0.717) is 10.2 Å². The third-order valence-electron chi connectivity index (χ3n) is 2.37. The van der Waals surface area contributed by atoms with Crippen molar-refractivity contribution in [2.24, 2.45) is 0 Å². The van der Waals surface area contributed by atoms with Crippen molar-refractivity contribution >= 4 is 15.9 Å². The van der Waals surface area contributed by atoms with Crippen LogP contribution in [-0.4, -0.2) is 19.2 Å². The van der Waals surface area contributed by atoms with Gasteiger partial charge in [-0.2, -0.15) is 0 Å². The number of unbranched alkanes of at least 4 members (excludes halogenated alkanes) is 1. The Kier molecular flexibility index (Phi) is 6.52. The summed E-state index contributed by atoms with van der Waals surface area (Å²) in [4.78, 5) is 0. The average molecular weight is 304 g/mol. The van der Waals surface area contributed by atoms with Gasteiger partial charge in [0.05, 0.1) is 4.47 Å². The molecule has 1 rings (SSSR count). The quantitative estimate of drug-likeness (QED) is 0.775. The molecule has 0 saturated carbocycles. The van der Waals surface area contributed by atoms with Crippen LogP contribution in [0, 0.1) is 5.82 Å². The lowest BCUT2D eigenvalue weighted by molar-refractivity contribution is 0.217. The smallest absolute Gasteiger partial charge is 0.137 e. The Bertz CT molecular complexity index is 346. The van der Waals surface area contributed by atoms with Crippen LogP contribution in [0.3, 0.4) is 0 Å². The molecule has 1 aromatic carbocycles. The third-order valence-corrected chi connectivity index (χ3v) is 2.97. The van der Waals surface area contributed by atoms with Crippen molar-refractivity contribution in [1.82, 2.24) is 5.32 Å². The monoisotopic (exact) mass is 303 g/mol. The molecule has 0 bridgehead atoms. The van der Waals surface area contributed by atoms with Gasteiger partial charge < -0.3 is 10.1 Å². The molecule has 0 radical (unpaired) electrons. The molecule has 0 heterocycles. The van der Waals surface area contributed by atoms with Crippen LogP contribution in [0.5, 0.6) is 5.75 Å². The predicted molar refractivity (Wildman–Crippen MR) is 72.0 cm³/mol. The molecule has 96 valence electrons. The van der Waals surface area contributed by atoms with Gasteiger partial charge in [-0.05, 0) is 54.0 Å². The molecule has 1 aromatic rings. The van der Waals surface area contributed by atoms with Crippen molar-refractivity contribution in [2.45, 2.75) is 32.8 Å². The Morgan fingerprint density at radius 2 is 2.24 bits per heavy atom. The van der Waals surface area contributed by atoms with Crippen LogP contribution in [-0.2, 0) is 0 Å². The first kappa shape index (κ1) is 14.5. The lowest BCUT2D eigenvalue weighted by atomic mass is 10.3. The number of benzene rings is 1. The summed E-state index contributed by atoms with van der Waals surface area (Å²) < 4.78 is 19.1. The topological polar surface area (TPSA) is 21.3 Å². The maximum absolute atomic E-state index is 13.0. The van der Waals surface area contributed by atoms with Crippen molar-refractivity contribution in [1.29, 1.82) is 0 Å². The van der Waals surface area contributed by atoms with Crippen molar-refractivity contribution in [3.05, 3.63) is 28.5 Å². The molecule has 17 heavy (non-hydrogen) atoms. The highest BCUT2D eigenvalue weighted by molar-refractivity contribution is 9.10. The van der Waals surface area contributed by atoms with E-state index in [2.05, 4.69) is 28.2 Å². The first-order chi connectivity index (χ1) is 8.13. The predicted octanol–water partition coefficient (Wildman–Crippen LogP) is 3.75. The van der Waals surface area contributed by atoms with E-state index in [1.807, 2.05) is 6.92 Å². The summed E-state index contributed by atoms with van der Waals surface area (Å²) in [6.07, 6.45) is 2.44. The fourth-order valence-corrected chi connectivity index (χ4v) is 1.79. The van der Waals surface area contributed by atoms with Crippen LogP contribution in [0.15, 0.2) is 22.7 Å². The molecule has 0 saturated heterocycles. The van der Waals surface area contributed by atoms with E-state index in [1.165, 1.54) is 18.9 Å². The molecule has 2 nitrogen and oxygen atoms in total. The summed E-state index contributed by atoms with van der Waals surface area (Å²) in [6.45, 7) is 5.97. The molecule has 0 aliphatic rings.